The molecule has 1 aromatic carbocycles. The standard InChI is InChI=1S/C11H14BrN3O2/c1-7(16)5-17-6-8-3-9(12)11-10(4-8)15(2)14-13-11/h3-4,7,16H,5-6H2,1-2H3/t7-/m1/s1. The van der Waals surface area contributed by atoms with E-state index < -0.39 is 6.10 Å². The number of hydrogen-bond acceptors (Lipinski definition) is 4. The summed E-state index contributed by atoms with van der Waals surface area (Å²) in [5, 5.41) is 17.1. The Morgan fingerprint density at radius 1 is 1.53 bits per heavy atom. The minimum absolute atomic E-state index is 0.333. The molecule has 1 atom stereocenters. The second kappa shape index (κ2) is 5.12. The maximum Gasteiger partial charge on any atom is 0.127 e. The highest BCUT2D eigenvalue weighted by atomic mass is 79.9. The summed E-state index contributed by atoms with van der Waals surface area (Å²) in [5.41, 5.74) is 2.82. The molecule has 0 saturated carbocycles. The zero-order chi connectivity index (χ0) is 12.4. The van der Waals surface area contributed by atoms with Crippen LogP contribution in [0.5, 0.6) is 0 Å². The summed E-state index contributed by atoms with van der Waals surface area (Å²) < 4.78 is 8.00. The molecule has 0 amide bonds. The van der Waals surface area contributed by atoms with Crippen molar-refractivity contribution in [3.05, 3.63) is 22.2 Å². The number of fused-ring (bicyclic) bond motifs is 1. The van der Waals surface area contributed by atoms with Gasteiger partial charge in [0, 0.05) is 11.5 Å². The molecule has 0 aliphatic rings. The highest BCUT2D eigenvalue weighted by Crippen LogP contribution is 2.23. The van der Waals surface area contributed by atoms with Crippen molar-refractivity contribution in [3.8, 4) is 0 Å². The number of aryl methyl sites for hydroxylation is 1. The molecule has 0 radical (unpaired) electrons. The molecule has 0 unspecified atom stereocenters. The summed E-state index contributed by atoms with van der Waals surface area (Å²) in [5.74, 6) is 0. The smallest absolute Gasteiger partial charge is 0.127 e. The molecule has 0 aliphatic carbocycles. The van der Waals surface area contributed by atoms with E-state index in [1.165, 1.54) is 0 Å². The Kier molecular flexibility index (Phi) is 3.76. The average molecular weight is 300 g/mol. The van der Waals surface area contributed by atoms with Gasteiger partial charge in [-0.2, -0.15) is 0 Å². The molecule has 5 nitrogen and oxygen atoms in total. The van der Waals surface area contributed by atoms with Gasteiger partial charge in [0.1, 0.15) is 5.52 Å². The van der Waals surface area contributed by atoms with E-state index in [1.807, 2.05) is 19.2 Å². The Bertz CT molecular complexity index is 525. The van der Waals surface area contributed by atoms with Crippen LogP contribution in [-0.4, -0.2) is 32.8 Å². The Morgan fingerprint density at radius 2 is 2.29 bits per heavy atom. The molecule has 0 bridgehead atoms. The molecule has 0 aliphatic heterocycles. The van der Waals surface area contributed by atoms with Crippen LogP contribution >= 0.6 is 15.9 Å². The number of ether oxygens (including phenoxy) is 1. The van der Waals surface area contributed by atoms with Crippen molar-refractivity contribution < 1.29 is 9.84 Å². The van der Waals surface area contributed by atoms with Crippen molar-refractivity contribution in [2.45, 2.75) is 19.6 Å². The maximum absolute atomic E-state index is 9.11. The number of aliphatic hydroxyl groups is 1. The lowest BCUT2D eigenvalue weighted by atomic mass is 10.2. The van der Waals surface area contributed by atoms with E-state index in [4.69, 9.17) is 9.84 Å². The lowest BCUT2D eigenvalue weighted by Gasteiger charge is -2.07. The third-order valence-corrected chi connectivity index (χ3v) is 2.96. The quantitative estimate of drug-likeness (QED) is 0.932. The summed E-state index contributed by atoms with van der Waals surface area (Å²) in [6.07, 6.45) is -0.444. The molecule has 0 spiro atoms. The number of benzene rings is 1. The van der Waals surface area contributed by atoms with Gasteiger partial charge in [0.25, 0.3) is 0 Å². The van der Waals surface area contributed by atoms with Gasteiger partial charge >= 0.3 is 0 Å². The second-order valence-corrected chi connectivity index (χ2v) is 4.88. The molecule has 92 valence electrons. The highest BCUT2D eigenvalue weighted by Gasteiger charge is 2.08. The van der Waals surface area contributed by atoms with Crippen molar-refractivity contribution in [1.82, 2.24) is 15.0 Å². The Hall–Kier alpha value is -0.980. The van der Waals surface area contributed by atoms with Crippen LogP contribution in [-0.2, 0) is 18.4 Å². The van der Waals surface area contributed by atoms with Crippen LogP contribution in [0.15, 0.2) is 16.6 Å². The van der Waals surface area contributed by atoms with Crippen molar-refractivity contribution in [2.75, 3.05) is 6.61 Å². The van der Waals surface area contributed by atoms with E-state index >= 15 is 0 Å². The van der Waals surface area contributed by atoms with Crippen molar-refractivity contribution in [1.29, 1.82) is 0 Å². The van der Waals surface area contributed by atoms with Crippen LogP contribution in [0.3, 0.4) is 0 Å². The number of hydrogen-bond donors (Lipinski definition) is 1. The van der Waals surface area contributed by atoms with Crippen LogP contribution in [0.1, 0.15) is 12.5 Å². The SMILES string of the molecule is C[C@@H](O)COCc1cc(Br)c2nnn(C)c2c1. The number of aliphatic hydroxyl groups excluding tert-OH is 1. The van der Waals surface area contributed by atoms with Gasteiger partial charge in [0.05, 0.1) is 24.8 Å². The molecule has 1 N–H and O–H groups in total. The first-order chi connectivity index (χ1) is 8.08. The Labute approximate surface area is 108 Å². The van der Waals surface area contributed by atoms with E-state index in [0.717, 1.165) is 21.1 Å². The van der Waals surface area contributed by atoms with Gasteiger partial charge in [-0.1, -0.05) is 5.21 Å². The number of halogens is 1. The normalized spacial score (nSPS) is 13.2. The van der Waals surface area contributed by atoms with E-state index in [0.29, 0.717) is 13.2 Å². The zero-order valence-electron chi connectivity index (χ0n) is 9.72. The highest BCUT2D eigenvalue weighted by molar-refractivity contribution is 9.10. The molecule has 2 aromatic rings. The van der Waals surface area contributed by atoms with E-state index in [-0.39, 0.29) is 0 Å². The zero-order valence-corrected chi connectivity index (χ0v) is 11.3. The third-order valence-electron chi connectivity index (χ3n) is 2.36. The van der Waals surface area contributed by atoms with Gasteiger partial charge in [-0.15, -0.1) is 5.10 Å². The first-order valence-electron chi connectivity index (χ1n) is 5.31. The minimum atomic E-state index is -0.444. The van der Waals surface area contributed by atoms with E-state index in [1.54, 1.807) is 11.6 Å². The largest absolute Gasteiger partial charge is 0.391 e. The van der Waals surface area contributed by atoms with E-state index in [2.05, 4.69) is 26.2 Å². The fraction of sp³-hybridized carbons (Fsp3) is 0.455. The predicted molar refractivity (Wildman–Crippen MR) is 67.5 cm³/mol. The number of nitrogens with zero attached hydrogens (tertiary/aromatic N) is 3. The fourth-order valence-corrected chi connectivity index (χ4v) is 2.15. The predicted octanol–water partition coefficient (Wildman–Crippen LogP) is 1.63. The van der Waals surface area contributed by atoms with Crippen LogP contribution in [0.4, 0.5) is 0 Å². The van der Waals surface area contributed by atoms with Gasteiger partial charge in [-0.05, 0) is 40.5 Å². The monoisotopic (exact) mass is 299 g/mol. The van der Waals surface area contributed by atoms with Gasteiger partial charge in [-0.3, -0.25) is 0 Å². The Morgan fingerprint density at radius 3 is 3.00 bits per heavy atom. The van der Waals surface area contributed by atoms with Gasteiger partial charge in [0.15, 0.2) is 0 Å². The molecule has 17 heavy (non-hydrogen) atoms. The molecule has 1 aromatic heterocycles. The maximum atomic E-state index is 9.11. The van der Waals surface area contributed by atoms with Gasteiger partial charge < -0.3 is 9.84 Å². The molecular formula is C11H14BrN3O2. The summed E-state index contributed by atoms with van der Waals surface area (Å²) in [7, 11) is 1.85. The molecule has 2 rings (SSSR count). The molecular weight excluding hydrogens is 286 g/mol. The summed E-state index contributed by atoms with van der Waals surface area (Å²) in [6.45, 7) is 2.49. The van der Waals surface area contributed by atoms with Crippen LogP contribution in [0.25, 0.3) is 11.0 Å². The molecule has 1 heterocycles. The first kappa shape index (κ1) is 12.5. The summed E-state index contributed by atoms with van der Waals surface area (Å²) in [6, 6.07) is 3.95. The summed E-state index contributed by atoms with van der Waals surface area (Å²) >= 11 is 3.46. The average Bonchev–Trinajstić information content (AvgIpc) is 2.61. The lowest BCUT2D eigenvalue weighted by Crippen LogP contribution is -2.10. The van der Waals surface area contributed by atoms with Gasteiger partial charge in [-0.25, -0.2) is 4.68 Å². The summed E-state index contributed by atoms with van der Waals surface area (Å²) in [4.78, 5) is 0. The number of rotatable bonds is 4. The topological polar surface area (TPSA) is 60.2 Å². The lowest BCUT2D eigenvalue weighted by molar-refractivity contribution is 0.0376. The van der Waals surface area contributed by atoms with Crippen molar-refractivity contribution in [2.24, 2.45) is 7.05 Å². The second-order valence-electron chi connectivity index (χ2n) is 4.02. The van der Waals surface area contributed by atoms with Gasteiger partial charge in [0.2, 0.25) is 0 Å². The Balaban J connectivity index is 2.20. The van der Waals surface area contributed by atoms with Crippen LogP contribution in [0, 0.1) is 0 Å². The van der Waals surface area contributed by atoms with Crippen LogP contribution in [0.2, 0.25) is 0 Å². The molecule has 6 heteroatoms. The molecule has 0 fully saturated rings. The third kappa shape index (κ3) is 2.83. The molecule has 0 saturated heterocycles. The fourth-order valence-electron chi connectivity index (χ4n) is 1.58. The van der Waals surface area contributed by atoms with Crippen LogP contribution < -0.4 is 0 Å². The van der Waals surface area contributed by atoms with Crippen molar-refractivity contribution >= 4 is 27.0 Å². The van der Waals surface area contributed by atoms with Crippen molar-refractivity contribution in [3.63, 3.8) is 0 Å². The van der Waals surface area contributed by atoms with E-state index in [9.17, 15) is 0 Å². The minimum Gasteiger partial charge on any atom is -0.391 e. The number of aromatic nitrogens is 3. The first-order valence-corrected chi connectivity index (χ1v) is 6.11.